The Labute approximate surface area is 267 Å². The maximum absolute atomic E-state index is 14.6. The summed E-state index contributed by atoms with van der Waals surface area (Å²) in [4.78, 5) is 29.2. The first-order valence-electron chi connectivity index (χ1n) is 14.0. The highest BCUT2D eigenvalue weighted by Gasteiger charge is 2.63. The van der Waals surface area contributed by atoms with Gasteiger partial charge >= 0.3 is 5.97 Å². The highest BCUT2D eigenvalue weighted by atomic mass is 32.2. The summed E-state index contributed by atoms with van der Waals surface area (Å²) in [6.07, 6.45) is -0.248. The summed E-state index contributed by atoms with van der Waals surface area (Å²) in [5, 5.41) is 1.35. The van der Waals surface area contributed by atoms with Crippen molar-refractivity contribution in [3.05, 3.63) is 126 Å². The number of benzene rings is 4. The van der Waals surface area contributed by atoms with Crippen molar-refractivity contribution in [2.75, 3.05) is 21.3 Å². The summed E-state index contributed by atoms with van der Waals surface area (Å²) in [6, 6.07) is 29.0. The molecule has 1 aliphatic rings. The van der Waals surface area contributed by atoms with E-state index in [1.807, 2.05) is 0 Å². The number of amides is 1. The van der Waals surface area contributed by atoms with Gasteiger partial charge in [-0.25, -0.2) is 13.2 Å². The fourth-order valence-electron chi connectivity index (χ4n) is 5.93. The largest absolute Gasteiger partial charge is 0.497 e. The fourth-order valence-corrected chi connectivity index (χ4v) is 8.25. The molecule has 0 radical (unpaired) electrons. The maximum Gasteiger partial charge on any atom is 0.336 e. The Morgan fingerprint density at radius 1 is 0.844 bits per heavy atom. The topological polar surface area (TPSA) is 111 Å². The molecule has 9 nitrogen and oxygen atoms in total. The molecule has 1 saturated heterocycles. The van der Waals surface area contributed by atoms with Gasteiger partial charge in [0.05, 0.1) is 37.5 Å². The van der Waals surface area contributed by atoms with Crippen LogP contribution in [0.3, 0.4) is 0 Å². The third-order valence-corrected chi connectivity index (χ3v) is 10.5. The van der Waals surface area contributed by atoms with Crippen LogP contribution in [-0.4, -0.2) is 56.9 Å². The summed E-state index contributed by atoms with van der Waals surface area (Å²) < 4.78 is 45.8. The zero-order chi connectivity index (χ0) is 32.2. The van der Waals surface area contributed by atoms with Gasteiger partial charge in [0.15, 0.2) is 20.5 Å². The van der Waals surface area contributed by atoms with E-state index in [1.54, 1.807) is 97.1 Å². The first-order chi connectivity index (χ1) is 21.7. The molecular weight excluding hydrogens is 613 g/mol. The molecule has 4 aromatic carbocycles. The number of nitrogens with one attached hydrogen (secondary N) is 1. The van der Waals surface area contributed by atoms with E-state index in [4.69, 9.17) is 26.4 Å². The van der Waals surface area contributed by atoms with Crippen LogP contribution in [0.25, 0.3) is 0 Å². The molecule has 0 bridgehead atoms. The minimum absolute atomic E-state index is 0.0698. The van der Waals surface area contributed by atoms with Gasteiger partial charge in [0.2, 0.25) is 0 Å². The summed E-state index contributed by atoms with van der Waals surface area (Å²) in [5.41, 5.74) is -0.578. The molecule has 0 aliphatic carbocycles. The van der Waals surface area contributed by atoms with E-state index in [0.29, 0.717) is 28.2 Å². The van der Waals surface area contributed by atoms with Crippen LogP contribution in [0.2, 0.25) is 0 Å². The lowest BCUT2D eigenvalue weighted by molar-refractivity contribution is -0.152. The van der Waals surface area contributed by atoms with Gasteiger partial charge in [0.1, 0.15) is 11.5 Å². The minimum atomic E-state index is -4.15. The van der Waals surface area contributed by atoms with Gasteiger partial charge in [0.25, 0.3) is 5.91 Å². The molecule has 1 heterocycles. The summed E-state index contributed by atoms with van der Waals surface area (Å²) in [6.45, 7) is 0. The number of carbonyl (C=O) groups is 2. The number of methoxy groups -OCH3 is 3. The molecule has 232 valence electrons. The highest BCUT2D eigenvalue weighted by Crippen LogP contribution is 2.54. The molecular formula is C34H32N2O7S2. The molecule has 1 amide bonds. The Kier molecular flexibility index (Phi) is 9.21. The number of likely N-dealkylation sites (tertiary alicyclic amines) is 1. The normalized spacial score (nSPS) is 19.4. The van der Waals surface area contributed by atoms with Crippen LogP contribution in [0.5, 0.6) is 11.5 Å². The lowest BCUT2D eigenvalue weighted by Crippen LogP contribution is -2.55. The molecule has 1 aliphatic heterocycles. The molecule has 1 N–H and O–H groups in total. The van der Waals surface area contributed by atoms with Gasteiger partial charge in [-0.15, -0.1) is 0 Å². The molecule has 3 atom stereocenters. The zero-order valence-electron chi connectivity index (χ0n) is 24.9. The number of rotatable bonds is 8. The lowest BCUT2D eigenvalue weighted by Gasteiger charge is -2.41. The zero-order valence-corrected chi connectivity index (χ0v) is 26.5. The van der Waals surface area contributed by atoms with Gasteiger partial charge in [-0.1, -0.05) is 66.7 Å². The number of thiocarbonyl (C=S) groups is 1. The average molecular weight is 645 g/mol. The predicted molar refractivity (Wildman–Crippen MR) is 173 cm³/mol. The number of ether oxygens (including phenoxy) is 3. The van der Waals surface area contributed by atoms with E-state index >= 15 is 0 Å². The van der Waals surface area contributed by atoms with E-state index < -0.39 is 38.5 Å². The van der Waals surface area contributed by atoms with Gasteiger partial charge in [-0.2, -0.15) is 0 Å². The predicted octanol–water partition coefficient (Wildman–Crippen LogP) is 5.08. The lowest BCUT2D eigenvalue weighted by atomic mass is 9.87. The Bertz CT molecular complexity index is 1800. The van der Waals surface area contributed by atoms with Crippen molar-refractivity contribution < 1.29 is 32.2 Å². The smallest absolute Gasteiger partial charge is 0.336 e. The van der Waals surface area contributed by atoms with Gasteiger partial charge in [0, 0.05) is 23.6 Å². The first kappa shape index (κ1) is 31.7. The molecule has 45 heavy (non-hydrogen) atoms. The van der Waals surface area contributed by atoms with Crippen LogP contribution in [0, 0.1) is 0 Å². The molecule has 0 aromatic heterocycles. The van der Waals surface area contributed by atoms with Crippen molar-refractivity contribution in [1.82, 2.24) is 10.2 Å². The maximum atomic E-state index is 14.6. The van der Waals surface area contributed by atoms with Crippen LogP contribution < -0.4 is 14.8 Å². The summed E-state index contributed by atoms with van der Waals surface area (Å²) >= 11 is 5.93. The van der Waals surface area contributed by atoms with E-state index in [0.717, 1.165) is 0 Å². The number of hydrogen-bond acceptors (Lipinski definition) is 8. The Balaban J connectivity index is 1.81. The number of carbonyl (C=O) groups excluding carboxylic acids is 2. The van der Waals surface area contributed by atoms with Gasteiger partial charge in [-0.3, -0.25) is 10.1 Å². The van der Waals surface area contributed by atoms with Crippen molar-refractivity contribution in [1.29, 1.82) is 0 Å². The van der Waals surface area contributed by atoms with Crippen molar-refractivity contribution in [3.63, 3.8) is 0 Å². The van der Waals surface area contributed by atoms with Crippen molar-refractivity contribution in [2.24, 2.45) is 0 Å². The fraction of sp³-hybridized carbons (Fsp3) is 0.206. The van der Waals surface area contributed by atoms with E-state index in [2.05, 4.69) is 5.32 Å². The van der Waals surface area contributed by atoms with Crippen LogP contribution in [0.4, 0.5) is 0 Å². The molecule has 1 fully saturated rings. The molecule has 5 rings (SSSR count). The number of nitrogens with zero attached hydrogens (tertiary/aromatic N) is 1. The highest BCUT2D eigenvalue weighted by molar-refractivity contribution is 7.92. The van der Waals surface area contributed by atoms with Gasteiger partial charge in [-0.05, 0) is 54.2 Å². The monoisotopic (exact) mass is 644 g/mol. The van der Waals surface area contributed by atoms with Crippen LogP contribution in [0.1, 0.15) is 33.9 Å². The van der Waals surface area contributed by atoms with Crippen molar-refractivity contribution >= 4 is 39.0 Å². The van der Waals surface area contributed by atoms with E-state index in [1.165, 1.54) is 38.4 Å². The third-order valence-electron chi connectivity index (χ3n) is 8.02. The van der Waals surface area contributed by atoms with Crippen LogP contribution in [0.15, 0.2) is 114 Å². The first-order valence-corrected chi connectivity index (χ1v) is 16.0. The second kappa shape index (κ2) is 13.1. The Morgan fingerprint density at radius 3 is 2.02 bits per heavy atom. The van der Waals surface area contributed by atoms with Crippen LogP contribution >= 0.6 is 12.2 Å². The summed E-state index contributed by atoms with van der Waals surface area (Å²) in [5.74, 6) is -0.483. The SMILES string of the molecule is COC(=O)[C@]1(c2ccccc2)C[C@H](S(=O)(=O)c2ccccc2)[C@H](c2ccc(OC)cc2OC)N1C(=S)NC(=O)c1ccccc1. The molecule has 4 aromatic rings. The quantitative estimate of drug-likeness (QED) is 0.208. The molecule has 0 spiro atoms. The van der Waals surface area contributed by atoms with Crippen LogP contribution in [-0.2, 0) is 24.9 Å². The minimum Gasteiger partial charge on any atom is -0.497 e. The van der Waals surface area contributed by atoms with Crippen molar-refractivity contribution in [3.8, 4) is 11.5 Å². The number of sulfone groups is 1. The van der Waals surface area contributed by atoms with E-state index in [9.17, 15) is 18.0 Å². The van der Waals surface area contributed by atoms with E-state index in [-0.39, 0.29) is 16.4 Å². The number of esters is 1. The Hall–Kier alpha value is -4.74. The molecule has 11 heteroatoms. The standard InChI is InChI=1S/C34H32N2O7S2/c1-41-25-19-20-27(28(21-25)42-2)30-29(45(39,40)26-17-11-6-12-18-26)22-34(32(38)43-3,24-15-9-5-10-16-24)36(30)33(44)35-31(37)23-13-7-4-8-14-23/h4-21,29-30H,22H2,1-3H3,(H,35,37,44)/t29-,30-,34+/m0/s1. The third kappa shape index (κ3) is 5.76. The molecule has 0 saturated carbocycles. The second-order valence-corrected chi connectivity index (χ2v) is 12.9. The Morgan fingerprint density at radius 2 is 1.44 bits per heavy atom. The van der Waals surface area contributed by atoms with Crippen molar-refractivity contribution in [2.45, 2.75) is 28.1 Å². The second-order valence-electron chi connectivity index (χ2n) is 10.4. The average Bonchev–Trinajstić information content (AvgIpc) is 3.46. The summed E-state index contributed by atoms with van der Waals surface area (Å²) in [7, 11) is 0.0435. The molecule has 0 unspecified atom stereocenters. The number of hydrogen-bond donors (Lipinski definition) is 1. The van der Waals surface area contributed by atoms with Gasteiger partial charge < -0.3 is 19.1 Å².